The minimum atomic E-state index is 0.323. The lowest BCUT2D eigenvalue weighted by atomic mass is 10.2. The summed E-state index contributed by atoms with van der Waals surface area (Å²) >= 11 is 3.37. The Morgan fingerprint density at radius 2 is 2.28 bits per heavy atom. The van der Waals surface area contributed by atoms with Gasteiger partial charge in [-0.1, -0.05) is 12.1 Å². The van der Waals surface area contributed by atoms with Gasteiger partial charge in [0.25, 0.3) is 0 Å². The van der Waals surface area contributed by atoms with Gasteiger partial charge in [0.15, 0.2) is 0 Å². The van der Waals surface area contributed by atoms with E-state index in [0.29, 0.717) is 17.8 Å². The Bertz CT molecular complexity index is 514. The topological polar surface area (TPSA) is 63.8 Å². The molecule has 96 valence electrons. The Labute approximate surface area is 114 Å². The summed E-state index contributed by atoms with van der Waals surface area (Å²) in [6, 6.07) is 2.24. The van der Waals surface area contributed by atoms with Crippen LogP contribution >= 0.6 is 15.9 Å². The number of nitrogens with zero attached hydrogens (tertiary/aromatic N) is 3. The van der Waals surface area contributed by atoms with Crippen molar-refractivity contribution < 1.29 is 4.52 Å². The lowest BCUT2D eigenvalue weighted by molar-refractivity contribution is 0.363. The zero-order valence-electron chi connectivity index (χ0n) is 10.4. The van der Waals surface area contributed by atoms with Crippen LogP contribution in [-0.2, 0) is 6.42 Å². The molecule has 2 aromatic rings. The molecule has 2 aromatic heterocycles. The molecular weight excluding hydrogens is 296 g/mol. The van der Waals surface area contributed by atoms with E-state index in [2.05, 4.69) is 50.2 Å². The van der Waals surface area contributed by atoms with Gasteiger partial charge in [-0.15, -0.1) is 0 Å². The quantitative estimate of drug-likeness (QED) is 0.919. The van der Waals surface area contributed by atoms with Crippen LogP contribution in [-0.4, -0.2) is 27.7 Å². The number of hydrogen-bond donors (Lipinski definition) is 1. The monoisotopic (exact) mass is 310 g/mol. The fourth-order valence-electron chi connectivity index (χ4n) is 1.67. The average Bonchev–Trinajstić information content (AvgIpc) is 2.78. The first kappa shape index (κ1) is 13.2. The summed E-state index contributed by atoms with van der Waals surface area (Å²) in [7, 11) is 0. The van der Waals surface area contributed by atoms with Crippen LogP contribution in [0.5, 0.6) is 0 Å². The molecule has 0 saturated heterocycles. The van der Waals surface area contributed by atoms with E-state index in [4.69, 9.17) is 4.52 Å². The number of hydrogen-bond acceptors (Lipinski definition) is 5. The first-order valence-corrected chi connectivity index (χ1v) is 6.65. The summed E-state index contributed by atoms with van der Waals surface area (Å²) in [5, 5.41) is 7.27. The Kier molecular flexibility index (Phi) is 4.43. The maximum absolute atomic E-state index is 5.23. The molecule has 6 heteroatoms. The number of nitrogens with one attached hydrogen (secondary N) is 1. The van der Waals surface area contributed by atoms with Crippen LogP contribution in [0.1, 0.15) is 19.7 Å². The second kappa shape index (κ2) is 6.06. The van der Waals surface area contributed by atoms with Gasteiger partial charge in [-0.25, -0.2) is 0 Å². The molecule has 1 unspecified atom stereocenters. The molecule has 0 aromatic carbocycles. The van der Waals surface area contributed by atoms with E-state index >= 15 is 0 Å². The molecule has 0 amide bonds. The third-order valence-electron chi connectivity index (χ3n) is 2.46. The summed E-state index contributed by atoms with van der Waals surface area (Å²) in [5.74, 6) is 1.21. The Morgan fingerprint density at radius 3 is 3.00 bits per heavy atom. The Hall–Kier alpha value is -1.27. The van der Waals surface area contributed by atoms with Gasteiger partial charge in [-0.3, -0.25) is 4.98 Å². The zero-order valence-corrected chi connectivity index (χ0v) is 11.9. The van der Waals surface area contributed by atoms with Crippen LogP contribution in [0, 0.1) is 0 Å². The minimum Gasteiger partial charge on any atom is -0.339 e. The molecule has 1 N–H and O–H groups in total. The largest absolute Gasteiger partial charge is 0.339 e. The van der Waals surface area contributed by atoms with Crippen LogP contribution in [0.25, 0.3) is 11.4 Å². The van der Waals surface area contributed by atoms with Crippen molar-refractivity contribution in [3.8, 4) is 11.4 Å². The molecule has 0 radical (unpaired) electrons. The molecular formula is C12H15BrN4O. The van der Waals surface area contributed by atoms with E-state index in [1.54, 1.807) is 12.4 Å². The van der Waals surface area contributed by atoms with E-state index in [1.165, 1.54) is 0 Å². The summed E-state index contributed by atoms with van der Waals surface area (Å²) in [4.78, 5) is 8.44. The molecule has 0 spiro atoms. The molecule has 0 aliphatic rings. The highest BCUT2D eigenvalue weighted by molar-refractivity contribution is 9.10. The van der Waals surface area contributed by atoms with Crippen molar-refractivity contribution >= 4 is 15.9 Å². The van der Waals surface area contributed by atoms with Crippen molar-refractivity contribution in [3.63, 3.8) is 0 Å². The SMILES string of the molecule is CCNC(C)Cc1nc(-c2cncc(Br)c2)no1. The smallest absolute Gasteiger partial charge is 0.228 e. The third-order valence-corrected chi connectivity index (χ3v) is 2.90. The third kappa shape index (κ3) is 3.36. The molecule has 0 aliphatic heterocycles. The van der Waals surface area contributed by atoms with Crippen LogP contribution in [0.15, 0.2) is 27.5 Å². The normalized spacial score (nSPS) is 12.6. The van der Waals surface area contributed by atoms with E-state index in [-0.39, 0.29) is 0 Å². The fourth-order valence-corrected chi connectivity index (χ4v) is 2.04. The molecule has 0 bridgehead atoms. The lowest BCUT2D eigenvalue weighted by Crippen LogP contribution is -2.27. The summed E-state index contributed by atoms with van der Waals surface area (Å²) < 4.78 is 6.13. The highest BCUT2D eigenvalue weighted by Gasteiger charge is 2.11. The van der Waals surface area contributed by atoms with Crippen molar-refractivity contribution in [1.82, 2.24) is 20.4 Å². The van der Waals surface area contributed by atoms with Gasteiger partial charge < -0.3 is 9.84 Å². The molecule has 18 heavy (non-hydrogen) atoms. The molecule has 1 atom stereocenters. The van der Waals surface area contributed by atoms with Crippen molar-refractivity contribution in [2.24, 2.45) is 0 Å². The van der Waals surface area contributed by atoms with E-state index in [1.807, 2.05) is 6.07 Å². The summed E-state index contributed by atoms with van der Waals surface area (Å²) in [5.41, 5.74) is 0.843. The van der Waals surface area contributed by atoms with E-state index in [0.717, 1.165) is 23.0 Å². The van der Waals surface area contributed by atoms with Gasteiger partial charge >= 0.3 is 0 Å². The molecule has 0 saturated carbocycles. The van der Waals surface area contributed by atoms with Crippen LogP contribution < -0.4 is 5.32 Å². The van der Waals surface area contributed by atoms with Crippen molar-refractivity contribution in [2.75, 3.05) is 6.54 Å². The first-order chi connectivity index (χ1) is 8.69. The molecule has 2 heterocycles. The second-order valence-electron chi connectivity index (χ2n) is 4.07. The summed E-state index contributed by atoms with van der Waals surface area (Å²) in [6.07, 6.45) is 4.16. The predicted octanol–water partition coefficient (Wildman–Crippen LogP) is 2.43. The number of pyridine rings is 1. The van der Waals surface area contributed by atoms with E-state index < -0.39 is 0 Å². The van der Waals surface area contributed by atoms with Gasteiger partial charge in [0.2, 0.25) is 11.7 Å². The van der Waals surface area contributed by atoms with Gasteiger partial charge in [0, 0.05) is 34.9 Å². The summed E-state index contributed by atoms with van der Waals surface area (Å²) in [6.45, 7) is 5.09. The van der Waals surface area contributed by atoms with Crippen LogP contribution in [0.3, 0.4) is 0 Å². The van der Waals surface area contributed by atoms with Crippen molar-refractivity contribution in [1.29, 1.82) is 0 Å². The predicted molar refractivity (Wildman–Crippen MR) is 72.1 cm³/mol. The standard InChI is InChI=1S/C12H15BrN4O/c1-3-15-8(2)4-11-16-12(17-18-11)9-5-10(13)7-14-6-9/h5-8,15H,3-4H2,1-2H3. The number of aromatic nitrogens is 3. The van der Waals surface area contributed by atoms with Crippen LogP contribution in [0.4, 0.5) is 0 Å². The maximum Gasteiger partial charge on any atom is 0.228 e. The highest BCUT2D eigenvalue weighted by atomic mass is 79.9. The minimum absolute atomic E-state index is 0.323. The fraction of sp³-hybridized carbons (Fsp3) is 0.417. The molecule has 2 rings (SSSR count). The Balaban J connectivity index is 2.10. The maximum atomic E-state index is 5.23. The molecule has 0 fully saturated rings. The van der Waals surface area contributed by atoms with Gasteiger partial charge in [-0.05, 0) is 35.5 Å². The average molecular weight is 311 g/mol. The van der Waals surface area contributed by atoms with E-state index in [9.17, 15) is 0 Å². The van der Waals surface area contributed by atoms with Crippen LogP contribution in [0.2, 0.25) is 0 Å². The highest BCUT2D eigenvalue weighted by Crippen LogP contribution is 2.19. The first-order valence-electron chi connectivity index (χ1n) is 5.86. The van der Waals surface area contributed by atoms with Gasteiger partial charge in [0.05, 0.1) is 0 Å². The lowest BCUT2D eigenvalue weighted by Gasteiger charge is -2.07. The number of likely N-dealkylation sites (N-methyl/N-ethyl adjacent to an activating group) is 1. The Morgan fingerprint density at radius 1 is 1.44 bits per heavy atom. The van der Waals surface area contributed by atoms with Crippen molar-refractivity contribution in [2.45, 2.75) is 26.3 Å². The second-order valence-corrected chi connectivity index (χ2v) is 4.98. The number of halogens is 1. The molecule has 5 nitrogen and oxygen atoms in total. The van der Waals surface area contributed by atoms with Gasteiger partial charge in [0.1, 0.15) is 0 Å². The molecule has 0 aliphatic carbocycles. The van der Waals surface area contributed by atoms with Crippen molar-refractivity contribution in [3.05, 3.63) is 28.8 Å². The van der Waals surface area contributed by atoms with Gasteiger partial charge in [-0.2, -0.15) is 4.98 Å². The number of rotatable bonds is 5. The zero-order chi connectivity index (χ0) is 13.0.